The lowest BCUT2D eigenvalue weighted by Crippen LogP contribution is -2.36. The summed E-state index contributed by atoms with van der Waals surface area (Å²) in [5.74, 6) is 0.151. The summed E-state index contributed by atoms with van der Waals surface area (Å²) < 4.78 is 26.5. The van der Waals surface area contributed by atoms with Gasteiger partial charge in [-0.25, -0.2) is 8.42 Å². The van der Waals surface area contributed by atoms with Crippen molar-refractivity contribution < 1.29 is 8.42 Å². The van der Waals surface area contributed by atoms with Crippen molar-refractivity contribution in [1.82, 2.24) is 4.31 Å². The summed E-state index contributed by atoms with van der Waals surface area (Å²) in [6.45, 7) is 8.96. The van der Waals surface area contributed by atoms with Gasteiger partial charge in [-0.15, -0.1) is 0 Å². The Balaban J connectivity index is 2.97. The molecule has 5 heteroatoms. The Labute approximate surface area is 123 Å². The van der Waals surface area contributed by atoms with Crippen LogP contribution in [0.3, 0.4) is 0 Å². The highest BCUT2D eigenvalue weighted by atomic mass is 32.2. The fourth-order valence-electron chi connectivity index (χ4n) is 2.15. The molecule has 2 N–H and O–H groups in total. The zero-order chi connectivity index (χ0) is 15.4. The smallest absolute Gasteiger partial charge is 0.214 e. The van der Waals surface area contributed by atoms with Crippen LogP contribution in [0.15, 0.2) is 24.3 Å². The number of rotatable bonds is 6. The normalized spacial score (nSPS) is 12.9. The Morgan fingerprint density at radius 3 is 2.15 bits per heavy atom. The van der Waals surface area contributed by atoms with Crippen molar-refractivity contribution in [1.29, 1.82) is 0 Å². The Kier molecular flexibility index (Phi) is 5.74. The Hall–Kier alpha value is -0.910. The lowest BCUT2D eigenvalue weighted by atomic mass is 10.0. The Morgan fingerprint density at radius 2 is 1.70 bits per heavy atom. The monoisotopic (exact) mass is 298 g/mol. The third-order valence-corrected chi connectivity index (χ3v) is 5.45. The van der Waals surface area contributed by atoms with Crippen LogP contribution in [0.5, 0.6) is 0 Å². The van der Waals surface area contributed by atoms with Crippen molar-refractivity contribution in [2.24, 2.45) is 11.1 Å². The molecule has 1 aromatic rings. The number of nitrogens with zero attached hydrogens (tertiary/aromatic N) is 1. The van der Waals surface area contributed by atoms with Crippen molar-refractivity contribution >= 4 is 10.0 Å². The molecule has 0 heterocycles. The molecular weight excluding hydrogens is 272 g/mol. The summed E-state index contributed by atoms with van der Waals surface area (Å²) in [7, 11) is -3.26. The number of hydrogen-bond acceptors (Lipinski definition) is 3. The summed E-state index contributed by atoms with van der Waals surface area (Å²) in [6.07, 6.45) is 0. The molecule has 0 aliphatic heterocycles. The highest BCUT2D eigenvalue weighted by Gasteiger charge is 2.27. The van der Waals surface area contributed by atoms with Crippen molar-refractivity contribution in [3.63, 3.8) is 0 Å². The van der Waals surface area contributed by atoms with Gasteiger partial charge in [0.25, 0.3) is 0 Å². The average Bonchev–Trinajstić information content (AvgIpc) is 2.33. The first-order valence-corrected chi connectivity index (χ1v) is 8.55. The zero-order valence-electron chi connectivity index (χ0n) is 12.9. The van der Waals surface area contributed by atoms with Crippen LogP contribution in [0.1, 0.15) is 38.8 Å². The van der Waals surface area contributed by atoms with Crippen molar-refractivity contribution in [2.75, 3.05) is 12.3 Å². The lowest BCUT2D eigenvalue weighted by molar-refractivity contribution is 0.394. The third-order valence-electron chi connectivity index (χ3n) is 3.05. The van der Waals surface area contributed by atoms with Crippen LogP contribution < -0.4 is 5.73 Å². The highest BCUT2D eigenvalue weighted by Crippen LogP contribution is 2.21. The number of sulfonamides is 1. The minimum atomic E-state index is -3.26. The number of benzene rings is 1. The molecule has 0 amide bonds. The largest absolute Gasteiger partial charge is 0.326 e. The average molecular weight is 298 g/mol. The summed E-state index contributed by atoms with van der Waals surface area (Å²) in [6, 6.07) is 7.72. The summed E-state index contributed by atoms with van der Waals surface area (Å²) in [5, 5.41) is 0. The molecule has 4 nitrogen and oxygen atoms in total. The van der Waals surface area contributed by atoms with E-state index in [0.29, 0.717) is 19.6 Å². The molecule has 0 aromatic heterocycles. The van der Waals surface area contributed by atoms with E-state index in [4.69, 9.17) is 5.73 Å². The van der Waals surface area contributed by atoms with E-state index in [1.807, 2.05) is 52.0 Å². The molecule has 0 atom stereocenters. The highest BCUT2D eigenvalue weighted by molar-refractivity contribution is 7.89. The standard InChI is InChI=1S/C15H26N2O2S/c1-5-17(20(18,19)12-15(2,3)4)11-14-9-7-6-8-13(14)10-16/h6-9H,5,10-12,16H2,1-4H3. The minimum absolute atomic E-state index is 0.151. The summed E-state index contributed by atoms with van der Waals surface area (Å²) in [5.41, 5.74) is 7.44. The molecule has 0 radical (unpaired) electrons. The fourth-order valence-corrected chi connectivity index (χ4v) is 4.15. The molecule has 0 aliphatic carbocycles. The van der Waals surface area contributed by atoms with Gasteiger partial charge in [0.2, 0.25) is 10.0 Å². The first-order valence-electron chi connectivity index (χ1n) is 6.94. The topological polar surface area (TPSA) is 63.4 Å². The van der Waals surface area contributed by atoms with Crippen LogP contribution in [0.25, 0.3) is 0 Å². The van der Waals surface area contributed by atoms with Crippen LogP contribution >= 0.6 is 0 Å². The SMILES string of the molecule is CCN(Cc1ccccc1CN)S(=O)(=O)CC(C)(C)C. The van der Waals surface area contributed by atoms with Gasteiger partial charge >= 0.3 is 0 Å². The second kappa shape index (κ2) is 6.70. The van der Waals surface area contributed by atoms with Gasteiger partial charge in [-0.2, -0.15) is 4.31 Å². The van der Waals surface area contributed by atoms with Crippen LogP contribution in [-0.4, -0.2) is 25.0 Å². The first-order chi connectivity index (χ1) is 9.19. The minimum Gasteiger partial charge on any atom is -0.326 e. The van der Waals surface area contributed by atoms with Gasteiger partial charge < -0.3 is 5.73 Å². The van der Waals surface area contributed by atoms with Gasteiger partial charge in [0, 0.05) is 19.6 Å². The van der Waals surface area contributed by atoms with Crippen LogP contribution in [-0.2, 0) is 23.1 Å². The molecule has 1 rings (SSSR count). The molecule has 0 bridgehead atoms. The maximum atomic E-state index is 12.5. The maximum absolute atomic E-state index is 12.5. The van der Waals surface area contributed by atoms with E-state index in [-0.39, 0.29) is 11.2 Å². The Bertz CT molecular complexity index is 533. The van der Waals surface area contributed by atoms with Crippen molar-refractivity contribution in [3.8, 4) is 0 Å². The maximum Gasteiger partial charge on any atom is 0.214 e. The molecule has 20 heavy (non-hydrogen) atoms. The molecule has 0 saturated heterocycles. The quantitative estimate of drug-likeness (QED) is 0.877. The predicted octanol–water partition coefficient (Wildman–Crippen LogP) is 2.34. The molecule has 1 aromatic carbocycles. The van der Waals surface area contributed by atoms with E-state index in [2.05, 4.69) is 0 Å². The van der Waals surface area contributed by atoms with Gasteiger partial charge in [-0.05, 0) is 16.5 Å². The van der Waals surface area contributed by atoms with E-state index in [9.17, 15) is 8.42 Å². The predicted molar refractivity (Wildman–Crippen MR) is 83.7 cm³/mol. The molecular formula is C15H26N2O2S. The van der Waals surface area contributed by atoms with Gasteiger partial charge in [0.1, 0.15) is 0 Å². The van der Waals surface area contributed by atoms with E-state index < -0.39 is 10.0 Å². The molecule has 0 saturated carbocycles. The molecule has 0 fully saturated rings. The summed E-state index contributed by atoms with van der Waals surface area (Å²) >= 11 is 0. The molecule has 0 unspecified atom stereocenters. The molecule has 114 valence electrons. The van der Waals surface area contributed by atoms with Gasteiger partial charge in [-0.1, -0.05) is 52.0 Å². The Morgan fingerprint density at radius 1 is 1.15 bits per heavy atom. The van der Waals surface area contributed by atoms with E-state index in [1.165, 1.54) is 4.31 Å². The summed E-state index contributed by atoms with van der Waals surface area (Å²) in [4.78, 5) is 0. The van der Waals surface area contributed by atoms with Crippen LogP contribution in [0, 0.1) is 5.41 Å². The fraction of sp³-hybridized carbons (Fsp3) is 0.600. The van der Waals surface area contributed by atoms with E-state index >= 15 is 0 Å². The lowest BCUT2D eigenvalue weighted by Gasteiger charge is -2.26. The zero-order valence-corrected chi connectivity index (χ0v) is 13.7. The first kappa shape index (κ1) is 17.1. The van der Waals surface area contributed by atoms with Gasteiger partial charge in [-0.3, -0.25) is 0 Å². The van der Waals surface area contributed by atoms with E-state index in [1.54, 1.807) is 0 Å². The van der Waals surface area contributed by atoms with Gasteiger partial charge in [0.05, 0.1) is 5.75 Å². The molecule has 0 aliphatic rings. The van der Waals surface area contributed by atoms with Crippen LogP contribution in [0.2, 0.25) is 0 Å². The molecule has 0 spiro atoms. The number of hydrogen-bond donors (Lipinski definition) is 1. The van der Waals surface area contributed by atoms with Crippen molar-refractivity contribution in [3.05, 3.63) is 35.4 Å². The van der Waals surface area contributed by atoms with Crippen LogP contribution in [0.4, 0.5) is 0 Å². The van der Waals surface area contributed by atoms with Gasteiger partial charge in [0.15, 0.2) is 0 Å². The van der Waals surface area contributed by atoms with E-state index in [0.717, 1.165) is 11.1 Å². The third kappa shape index (κ3) is 4.89. The second-order valence-corrected chi connectivity index (χ2v) is 8.18. The van der Waals surface area contributed by atoms with Crippen molar-refractivity contribution in [2.45, 2.75) is 40.8 Å². The number of nitrogens with two attached hydrogens (primary N) is 1. The second-order valence-electron chi connectivity index (χ2n) is 6.22.